The summed E-state index contributed by atoms with van der Waals surface area (Å²) in [5.41, 5.74) is 2.90. The van der Waals surface area contributed by atoms with E-state index in [-0.39, 0.29) is 5.91 Å². The number of carboxylic acids is 1. The first-order chi connectivity index (χ1) is 8.09. The van der Waals surface area contributed by atoms with Crippen LogP contribution in [0.15, 0.2) is 18.2 Å². The van der Waals surface area contributed by atoms with Gasteiger partial charge >= 0.3 is 5.97 Å². The quantitative estimate of drug-likeness (QED) is 0.828. The zero-order valence-electron chi connectivity index (χ0n) is 9.69. The van der Waals surface area contributed by atoms with Crippen molar-refractivity contribution in [3.05, 3.63) is 34.9 Å². The van der Waals surface area contributed by atoms with Crippen LogP contribution >= 0.6 is 0 Å². The zero-order valence-corrected chi connectivity index (χ0v) is 9.69. The van der Waals surface area contributed by atoms with Crippen LogP contribution in [0.25, 0.3) is 0 Å². The van der Waals surface area contributed by atoms with Gasteiger partial charge in [0.25, 0.3) is 5.91 Å². The maximum absolute atomic E-state index is 11.9. The summed E-state index contributed by atoms with van der Waals surface area (Å²) in [7, 11) is 0. The molecule has 2 rings (SSSR count). The van der Waals surface area contributed by atoms with Crippen molar-refractivity contribution in [3.63, 3.8) is 0 Å². The third-order valence-corrected chi connectivity index (χ3v) is 3.11. The molecule has 1 aromatic rings. The summed E-state index contributed by atoms with van der Waals surface area (Å²) >= 11 is 0. The van der Waals surface area contributed by atoms with E-state index < -0.39 is 12.0 Å². The lowest BCUT2D eigenvalue weighted by Gasteiger charge is -2.12. The summed E-state index contributed by atoms with van der Waals surface area (Å²) < 4.78 is 0. The number of carbonyl (C=O) groups is 2. The smallest absolute Gasteiger partial charge is 0.325 e. The minimum atomic E-state index is -1.02. The van der Waals surface area contributed by atoms with Crippen LogP contribution in [0.2, 0.25) is 0 Å². The number of carboxylic acid groups (broad SMARTS) is 1. The summed E-state index contributed by atoms with van der Waals surface area (Å²) in [6, 6.07) is 4.78. The maximum Gasteiger partial charge on any atom is 0.325 e. The van der Waals surface area contributed by atoms with E-state index in [0.717, 1.165) is 24.8 Å². The van der Waals surface area contributed by atoms with Gasteiger partial charge < -0.3 is 10.4 Å². The third kappa shape index (κ3) is 2.30. The SMILES string of the molecule is CC(NC(=O)c1cccc2c1CCC2)C(=O)O. The van der Waals surface area contributed by atoms with Crippen molar-refractivity contribution in [2.45, 2.75) is 32.2 Å². The second kappa shape index (κ2) is 4.57. The Kier molecular flexibility index (Phi) is 3.13. The van der Waals surface area contributed by atoms with Crippen molar-refractivity contribution in [3.8, 4) is 0 Å². The molecule has 0 spiro atoms. The normalized spacial score (nSPS) is 15.1. The first-order valence-electron chi connectivity index (χ1n) is 5.74. The van der Waals surface area contributed by atoms with E-state index in [1.54, 1.807) is 6.07 Å². The Hall–Kier alpha value is -1.84. The highest BCUT2D eigenvalue weighted by Crippen LogP contribution is 2.25. The summed E-state index contributed by atoms with van der Waals surface area (Å²) in [6.45, 7) is 1.46. The fraction of sp³-hybridized carbons (Fsp3) is 0.385. The average Bonchev–Trinajstić information content (AvgIpc) is 2.76. The van der Waals surface area contributed by atoms with Gasteiger partial charge in [-0.15, -0.1) is 0 Å². The maximum atomic E-state index is 11.9. The molecule has 0 saturated carbocycles. The fourth-order valence-electron chi connectivity index (χ4n) is 2.17. The molecule has 4 nitrogen and oxygen atoms in total. The second-order valence-electron chi connectivity index (χ2n) is 4.33. The molecule has 0 aliphatic heterocycles. The summed E-state index contributed by atoms with van der Waals surface area (Å²) in [5.74, 6) is -1.32. The van der Waals surface area contributed by atoms with Gasteiger partial charge in [-0.1, -0.05) is 12.1 Å². The molecule has 0 heterocycles. The van der Waals surface area contributed by atoms with E-state index in [0.29, 0.717) is 5.56 Å². The molecule has 1 amide bonds. The number of fused-ring (bicyclic) bond motifs is 1. The molecule has 1 aliphatic carbocycles. The van der Waals surface area contributed by atoms with Gasteiger partial charge in [-0.2, -0.15) is 0 Å². The number of aliphatic carboxylic acids is 1. The molecule has 2 N–H and O–H groups in total. The predicted octanol–water partition coefficient (Wildman–Crippen LogP) is 1.38. The first-order valence-corrected chi connectivity index (χ1v) is 5.74. The Morgan fingerprint density at radius 2 is 2.12 bits per heavy atom. The minimum Gasteiger partial charge on any atom is -0.480 e. The summed E-state index contributed by atoms with van der Waals surface area (Å²) in [4.78, 5) is 22.6. The lowest BCUT2D eigenvalue weighted by Crippen LogP contribution is -2.38. The average molecular weight is 233 g/mol. The van der Waals surface area contributed by atoms with E-state index in [1.807, 2.05) is 12.1 Å². The van der Waals surface area contributed by atoms with E-state index >= 15 is 0 Å². The van der Waals surface area contributed by atoms with Crippen molar-refractivity contribution in [1.82, 2.24) is 5.32 Å². The molecular weight excluding hydrogens is 218 g/mol. The van der Waals surface area contributed by atoms with Crippen LogP contribution in [-0.4, -0.2) is 23.0 Å². The van der Waals surface area contributed by atoms with Gasteiger partial charge in [0, 0.05) is 5.56 Å². The topological polar surface area (TPSA) is 66.4 Å². The van der Waals surface area contributed by atoms with Crippen LogP contribution in [0.3, 0.4) is 0 Å². The standard InChI is InChI=1S/C13H15NO3/c1-8(13(16)17)14-12(15)11-7-3-5-9-4-2-6-10(9)11/h3,5,7-8H,2,4,6H2,1H3,(H,14,15)(H,16,17). The van der Waals surface area contributed by atoms with Crippen LogP contribution in [0.5, 0.6) is 0 Å². The molecule has 0 bridgehead atoms. The van der Waals surface area contributed by atoms with Gasteiger partial charge in [0.2, 0.25) is 0 Å². The Morgan fingerprint density at radius 1 is 1.35 bits per heavy atom. The summed E-state index contributed by atoms with van der Waals surface area (Å²) in [6.07, 6.45) is 2.97. The van der Waals surface area contributed by atoms with Gasteiger partial charge in [-0.3, -0.25) is 9.59 Å². The highest BCUT2D eigenvalue weighted by atomic mass is 16.4. The number of hydrogen-bond acceptors (Lipinski definition) is 2. The van der Waals surface area contributed by atoms with Crippen LogP contribution in [-0.2, 0) is 17.6 Å². The molecule has 0 fully saturated rings. The monoisotopic (exact) mass is 233 g/mol. The Bertz CT molecular complexity index is 468. The molecule has 90 valence electrons. The summed E-state index contributed by atoms with van der Waals surface area (Å²) in [5, 5.41) is 11.2. The number of amides is 1. The number of hydrogen-bond donors (Lipinski definition) is 2. The first kappa shape index (κ1) is 11.6. The number of rotatable bonds is 3. The number of benzene rings is 1. The molecule has 1 unspecified atom stereocenters. The van der Waals surface area contributed by atoms with Crippen LogP contribution in [0.4, 0.5) is 0 Å². The Balaban J connectivity index is 2.20. The molecule has 0 aromatic heterocycles. The lowest BCUT2D eigenvalue weighted by atomic mass is 10.0. The predicted molar refractivity (Wildman–Crippen MR) is 63.0 cm³/mol. The Labute approximate surface area is 99.6 Å². The van der Waals surface area contributed by atoms with E-state index in [2.05, 4.69) is 5.32 Å². The number of aryl methyl sites for hydroxylation is 1. The molecule has 1 aliphatic rings. The fourth-order valence-corrected chi connectivity index (χ4v) is 2.17. The van der Waals surface area contributed by atoms with Crippen molar-refractivity contribution in [2.75, 3.05) is 0 Å². The highest BCUT2D eigenvalue weighted by Gasteiger charge is 2.21. The van der Waals surface area contributed by atoms with Crippen molar-refractivity contribution in [2.24, 2.45) is 0 Å². The van der Waals surface area contributed by atoms with Gasteiger partial charge in [0.05, 0.1) is 0 Å². The molecule has 0 radical (unpaired) electrons. The Morgan fingerprint density at radius 3 is 2.82 bits per heavy atom. The van der Waals surface area contributed by atoms with E-state index in [4.69, 9.17) is 5.11 Å². The molecule has 1 atom stereocenters. The molecule has 0 saturated heterocycles. The molecule has 4 heteroatoms. The second-order valence-corrected chi connectivity index (χ2v) is 4.33. The van der Waals surface area contributed by atoms with Gasteiger partial charge in [0.1, 0.15) is 6.04 Å². The largest absolute Gasteiger partial charge is 0.480 e. The van der Waals surface area contributed by atoms with Crippen molar-refractivity contribution < 1.29 is 14.7 Å². The zero-order chi connectivity index (χ0) is 12.4. The van der Waals surface area contributed by atoms with Gasteiger partial charge in [-0.05, 0) is 43.4 Å². The van der Waals surface area contributed by atoms with Crippen molar-refractivity contribution >= 4 is 11.9 Å². The van der Waals surface area contributed by atoms with Gasteiger partial charge in [-0.25, -0.2) is 0 Å². The molecular formula is C13H15NO3. The van der Waals surface area contributed by atoms with Crippen LogP contribution < -0.4 is 5.32 Å². The molecule has 17 heavy (non-hydrogen) atoms. The van der Waals surface area contributed by atoms with E-state index in [1.165, 1.54) is 12.5 Å². The highest BCUT2D eigenvalue weighted by molar-refractivity contribution is 5.98. The van der Waals surface area contributed by atoms with Crippen molar-refractivity contribution in [1.29, 1.82) is 0 Å². The number of nitrogens with one attached hydrogen (secondary N) is 1. The minimum absolute atomic E-state index is 0.293. The molecule has 1 aromatic carbocycles. The van der Waals surface area contributed by atoms with Gasteiger partial charge in [0.15, 0.2) is 0 Å². The van der Waals surface area contributed by atoms with Crippen LogP contribution in [0.1, 0.15) is 34.8 Å². The lowest BCUT2D eigenvalue weighted by molar-refractivity contribution is -0.138. The van der Waals surface area contributed by atoms with E-state index in [9.17, 15) is 9.59 Å². The third-order valence-electron chi connectivity index (χ3n) is 3.11. The van der Waals surface area contributed by atoms with Crippen LogP contribution in [0, 0.1) is 0 Å². The number of carbonyl (C=O) groups excluding carboxylic acids is 1.